The van der Waals surface area contributed by atoms with Gasteiger partial charge in [-0.15, -0.1) is 0 Å². The monoisotopic (exact) mass is 383 g/mol. The summed E-state index contributed by atoms with van der Waals surface area (Å²) >= 11 is 0. The highest BCUT2D eigenvalue weighted by atomic mass is 16.5. The summed E-state index contributed by atoms with van der Waals surface area (Å²) < 4.78 is 11.1. The van der Waals surface area contributed by atoms with Gasteiger partial charge in [-0.2, -0.15) is 0 Å². The number of nitrogens with one attached hydrogen (secondary N) is 3. The van der Waals surface area contributed by atoms with Crippen LogP contribution in [0.1, 0.15) is 37.0 Å². The van der Waals surface area contributed by atoms with Crippen molar-refractivity contribution in [3.63, 3.8) is 0 Å². The Morgan fingerprint density at radius 1 is 0.893 bits per heavy atom. The predicted molar refractivity (Wildman–Crippen MR) is 108 cm³/mol. The molecule has 7 heteroatoms. The van der Waals surface area contributed by atoms with Crippen LogP contribution in [-0.4, -0.2) is 31.2 Å². The fourth-order valence-corrected chi connectivity index (χ4v) is 2.61. The molecule has 1 fully saturated rings. The van der Waals surface area contributed by atoms with Gasteiger partial charge in [0.1, 0.15) is 0 Å². The molecular weight excluding hydrogens is 358 g/mol. The van der Waals surface area contributed by atoms with Gasteiger partial charge in [0.15, 0.2) is 11.5 Å². The first-order chi connectivity index (χ1) is 13.6. The van der Waals surface area contributed by atoms with E-state index in [1.807, 2.05) is 13.8 Å². The molecule has 0 aliphatic heterocycles. The number of carbonyl (C=O) groups is 2. The van der Waals surface area contributed by atoms with Gasteiger partial charge in [-0.1, -0.05) is 0 Å². The zero-order valence-electron chi connectivity index (χ0n) is 16.1. The Hall–Kier alpha value is -3.22. The second kappa shape index (κ2) is 9.12. The van der Waals surface area contributed by atoms with Crippen molar-refractivity contribution in [1.82, 2.24) is 5.32 Å². The zero-order valence-corrected chi connectivity index (χ0v) is 16.1. The van der Waals surface area contributed by atoms with Gasteiger partial charge in [0, 0.05) is 23.0 Å². The molecule has 2 aromatic rings. The molecule has 0 saturated heterocycles. The Labute approximate surface area is 164 Å². The van der Waals surface area contributed by atoms with E-state index in [0.29, 0.717) is 47.7 Å². The molecule has 0 atom stereocenters. The van der Waals surface area contributed by atoms with E-state index < -0.39 is 0 Å². The third-order valence-electron chi connectivity index (χ3n) is 4.12. The average Bonchev–Trinajstić information content (AvgIpc) is 3.49. The number of carbonyl (C=O) groups excluding carboxylic acids is 2. The molecule has 1 aliphatic rings. The second-order valence-electron chi connectivity index (χ2n) is 6.43. The number of anilines is 2. The Morgan fingerprint density at radius 3 is 2.11 bits per heavy atom. The number of hydrogen-bond acceptors (Lipinski definition) is 4. The van der Waals surface area contributed by atoms with Gasteiger partial charge < -0.3 is 25.4 Å². The number of ether oxygens (including phenoxy) is 2. The lowest BCUT2D eigenvalue weighted by molar-refractivity contribution is 0.102. The topological polar surface area (TPSA) is 88.7 Å². The highest BCUT2D eigenvalue weighted by Crippen LogP contribution is 2.29. The third kappa shape index (κ3) is 5.39. The quantitative estimate of drug-likeness (QED) is 0.642. The second-order valence-corrected chi connectivity index (χ2v) is 6.43. The molecule has 1 aliphatic carbocycles. The third-order valence-corrected chi connectivity index (χ3v) is 4.12. The molecule has 3 amide bonds. The van der Waals surface area contributed by atoms with Crippen LogP contribution in [0.5, 0.6) is 11.5 Å². The first-order valence-electron chi connectivity index (χ1n) is 9.47. The molecule has 0 bridgehead atoms. The summed E-state index contributed by atoms with van der Waals surface area (Å²) in [5, 5.41) is 8.47. The van der Waals surface area contributed by atoms with Crippen LogP contribution in [0.15, 0.2) is 42.5 Å². The molecular formula is C21H25N3O4. The minimum absolute atomic E-state index is 0.211. The average molecular weight is 383 g/mol. The number of amides is 3. The molecule has 0 unspecified atom stereocenters. The van der Waals surface area contributed by atoms with E-state index >= 15 is 0 Å². The van der Waals surface area contributed by atoms with Crippen LogP contribution in [0.3, 0.4) is 0 Å². The fourth-order valence-electron chi connectivity index (χ4n) is 2.61. The SMILES string of the molecule is CCOc1ccc(C(=O)Nc2ccc(NC(=O)NC3CC3)cc2)cc1OCC. The normalized spacial score (nSPS) is 12.8. The van der Waals surface area contributed by atoms with Gasteiger partial charge in [-0.25, -0.2) is 4.79 Å². The molecule has 7 nitrogen and oxygen atoms in total. The maximum absolute atomic E-state index is 12.5. The van der Waals surface area contributed by atoms with Crippen molar-refractivity contribution < 1.29 is 19.1 Å². The molecule has 0 aromatic heterocycles. The summed E-state index contributed by atoms with van der Waals surface area (Å²) in [5.41, 5.74) is 1.76. The van der Waals surface area contributed by atoms with Crippen molar-refractivity contribution in [1.29, 1.82) is 0 Å². The van der Waals surface area contributed by atoms with Crippen LogP contribution in [0, 0.1) is 0 Å². The number of benzene rings is 2. The Balaban J connectivity index is 1.61. The lowest BCUT2D eigenvalue weighted by Crippen LogP contribution is -2.30. The molecule has 148 valence electrons. The molecule has 3 rings (SSSR count). The Morgan fingerprint density at radius 2 is 1.50 bits per heavy atom. The first-order valence-corrected chi connectivity index (χ1v) is 9.47. The molecule has 28 heavy (non-hydrogen) atoms. The molecule has 0 spiro atoms. The van der Waals surface area contributed by atoms with Crippen LogP contribution >= 0.6 is 0 Å². The molecule has 0 radical (unpaired) electrons. The highest BCUT2D eigenvalue weighted by Gasteiger charge is 2.23. The summed E-state index contributed by atoms with van der Waals surface area (Å²) in [7, 11) is 0. The molecule has 0 heterocycles. The van der Waals surface area contributed by atoms with Gasteiger partial charge >= 0.3 is 6.03 Å². The summed E-state index contributed by atoms with van der Waals surface area (Å²) in [4.78, 5) is 24.3. The van der Waals surface area contributed by atoms with Gasteiger partial charge in [-0.05, 0) is 69.2 Å². The van der Waals surface area contributed by atoms with E-state index in [1.165, 1.54) is 0 Å². The van der Waals surface area contributed by atoms with E-state index in [-0.39, 0.29) is 11.9 Å². The van der Waals surface area contributed by atoms with Crippen molar-refractivity contribution in [2.24, 2.45) is 0 Å². The molecule has 2 aromatic carbocycles. The van der Waals surface area contributed by atoms with E-state index in [2.05, 4.69) is 16.0 Å². The zero-order chi connectivity index (χ0) is 19.9. The summed E-state index contributed by atoms with van der Waals surface area (Å²) in [6.07, 6.45) is 2.07. The maximum Gasteiger partial charge on any atom is 0.319 e. The molecule has 1 saturated carbocycles. The summed E-state index contributed by atoms with van der Waals surface area (Å²) in [5.74, 6) is 0.898. The van der Waals surface area contributed by atoms with Crippen molar-refractivity contribution in [3.05, 3.63) is 48.0 Å². The highest BCUT2D eigenvalue weighted by molar-refractivity contribution is 6.04. The number of rotatable bonds is 8. The van der Waals surface area contributed by atoms with Gasteiger partial charge in [0.2, 0.25) is 0 Å². The van der Waals surface area contributed by atoms with Gasteiger partial charge in [0.25, 0.3) is 5.91 Å². The van der Waals surface area contributed by atoms with Crippen molar-refractivity contribution in [2.75, 3.05) is 23.8 Å². The van der Waals surface area contributed by atoms with Gasteiger partial charge in [0.05, 0.1) is 13.2 Å². The minimum atomic E-state index is -0.254. The van der Waals surface area contributed by atoms with Crippen molar-refractivity contribution in [2.45, 2.75) is 32.7 Å². The largest absolute Gasteiger partial charge is 0.490 e. The summed E-state index contributed by atoms with van der Waals surface area (Å²) in [6.45, 7) is 4.77. The van der Waals surface area contributed by atoms with Crippen LogP contribution < -0.4 is 25.4 Å². The van der Waals surface area contributed by atoms with Gasteiger partial charge in [-0.3, -0.25) is 4.79 Å². The lowest BCUT2D eigenvalue weighted by Gasteiger charge is -2.13. The standard InChI is InChI=1S/C21H25N3O4/c1-3-27-18-12-5-14(13-19(18)28-4-2)20(25)22-15-6-8-16(9-7-15)23-21(26)24-17-10-11-17/h5-9,12-13,17H,3-4,10-11H2,1-2H3,(H,22,25)(H2,23,24,26). The maximum atomic E-state index is 12.5. The van der Waals surface area contributed by atoms with E-state index in [1.54, 1.807) is 42.5 Å². The van der Waals surface area contributed by atoms with Crippen LogP contribution in [-0.2, 0) is 0 Å². The number of hydrogen-bond donors (Lipinski definition) is 3. The first kappa shape index (κ1) is 19.5. The van der Waals surface area contributed by atoms with Crippen molar-refractivity contribution >= 4 is 23.3 Å². The summed E-state index contributed by atoms with van der Waals surface area (Å²) in [6, 6.07) is 12.1. The Bertz CT molecular complexity index is 832. The number of urea groups is 1. The van der Waals surface area contributed by atoms with E-state index in [4.69, 9.17) is 9.47 Å². The minimum Gasteiger partial charge on any atom is -0.490 e. The fraction of sp³-hybridized carbons (Fsp3) is 0.333. The van der Waals surface area contributed by atoms with Crippen molar-refractivity contribution in [3.8, 4) is 11.5 Å². The Kier molecular flexibility index (Phi) is 6.37. The predicted octanol–water partition coefficient (Wildman–Crippen LogP) is 4.02. The van der Waals surface area contributed by atoms with E-state index in [0.717, 1.165) is 12.8 Å². The van der Waals surface area contributed by atoms with E-state index in [9.17, 15) is 9.59 Å². The molecule has 3 N–H and O–H groups in total. The van der Waals surface area contributed by atoms with Crippen LogP contribution in [0.25, 0.3) is 0 Å². The van der Waals surface area contributed by atoms with Crippen LogP contribution in [0.4, 0.5) is 16.2 Å². The van der Waals surface area contributed by atoms with Crippen LogP contribution in [0.2, 0.25) is 0 Å². The smallest absolute Gasteiger partial charge is 0.319 e. The lowest BCUT2D eigenvalue weighted by atomic mass is 10.1.